The van der Waals surface area contributed by atoms with Gasteiger partial charge in [-0.2, -0.15) is 0 Å². The third-order valence-corrected chi connectivity index (χ3v) is 6.22. The molecule has 5 heteroatoms. The predicted octanol–water partition coefficient (Wildman–Crippen LogP) is 5.77. The van der Waals surface area contributed by atoms with Gasteiger partial charge in [0.2, 0.25) is 0 Å². The van der Waals surface area contributed by atoms with Crippen molar-refractivity contribution in [3.63, 3.8) is 0 Å². The Balaban J connectivity index is 1.54. The molecule has 4 aromatic rings. The summed E-state index contributed by atoms with van der Waals surface area (Å²) in [6.07, 6.45) is 6.34. The van der Waals surface area contributed by atoms with Crippen LogP contribution in [0.3, 0.4) is 0 Å². The summed E-state index contributed by atoms with van der Waals surface area (Å²) in [6.45, 7) is 2.79. The normalized spacial score (nSPS) is 11.0. The average molecular weight is 455 g/mol. The van der Waals surface area contributed by atoms with Crippen molar-refractivity contribution in [2.45, 2.75) is 45.4 Å². The molecule has 1 heterocycles. The highest BCUT2D eigenvalue weighted by molar-refractivity contribution is 5.64. The molecule has 0 aliphatic heterocycles. The molecule has 0 saturated heterocycles. The minimum absolute atomic E-state index is 0.554. The second-order valence-electron chi connectivity index (χ2n) is 8.66. The van der Waals surface area contributed by atoms with Crippen molar-refractivity contribution in [3.8, 4) is 22.6 Å². The summed E-state index contributed by atoms with van der Waals surface area (Å²) < 4.78 is 7.24. The molecule has 0 bridgehead atoms. The van der Waals surface area contributed by atoms with Crippen LogP contribution in [0.2, 0.25) is 0 Å². The number of methoxy groups -OCH3 is 1. The number of unbranched alkanes of at least 4 members (excludes halogenated alkanes) is 2. The van der Waals surface area contributed by atoms with Crippen LogP contribution < -0.4 is 10.5 Å². The van der Waals surface area contributed by atoms with E-state index < -0.39 is 0 Å². The van der Waals surface area contributed by atoms with Gasteiger partial charge in [0.05, 0.1) is 24.2 Å². The highest BCUT2D eigenvalue weighted by atomic mass is 16.5. The third-order valence-electron chi connectivity index (χ3n) is 6.22. The Labute approximate surface area is 202 Å². The zero-order chi connectivity index (χ0) is 23.8. The number of nitrogens with two attached hydrogens (primary N) is 1. The van der Waals surface area contributed by atoms with Gasteiger partial charge in [-0.05, 0) is 65.9 Å². The van der Waals surface area contributed by atoms with Gasteiger partial charge in [0.25, 0.3) is 0 Å². The molecular formula is C29H34N4O. The van der Waals surface area contributed by atoms with Crippen LogP contribution >= 0.6 is 0 Å². The largest absolute Gasteiger partial charge is 0.497 e. The summed E-state index contributed by atoms with van der Waals surface area (Å²) in [5, 5.41) is 8.95. The Hall–Kier alpha value is -3.44. The molecule has 0 atom stereocenters. The van der Waals surface area contributed by atoms with Crippen LogP contribution in [-0.4, -0.2) is 28.6 Å². The lowest BCUT2D eigenvalue weighted by atomic mass is 10.0. The molecule has 0 aliphatic rings. The van der Waals surface area contributed by atoms with E-state index in [1.54, 1.807) is 7.11 Å². The fourth-order valence-electron chi connectivity index (χ4n) is 4.22. The van der Waals surface area contributed by atoms with Crippen molar-refractivity contribution in [2.24, 2.45) is 5.73 Å². The summed E-state index contributed by atoms with van der Waals surface area (Å²) >= 11 is 0. The number of aryl methyl sites for hydroxylation is 1. The van der Waals surface area contributed by atoms with E-state index in [0.29, 0.717) is 13.0 Å². The first-order valence-electron chi connectivity index (χ1n) is 12.2. The average Bonchev–Trinajstić information content (AvgIpc) is 3.27. The molecule has 0 aliphatic carbocycles. The van der Waals surface area contributed by atoms with Gasteiger partial charge in [-0.15, -0.1) is 5.10 Å². The second kappa shape index (κ2) is 11.6. The Kier molecular flexibility index (Phi) is 8.10. The van der Waals surface area contributed by atoms with Gasteiger partial charge in [0, 0.05) is 12.8 Å². The van der Waals surface area contributed by atoms with E-state index in [0.717, 1.165) is 35.7 Å². The van der Waals surface area contributed by atoms with Crippen molar-refractivity contribution in [1.82, 2.24) is 15.0 Å². The molecule has 0 unspecified atom stereocenters. The van der Waals surface area contributed by atoms with Gasteiger partial charge in [0.15, 0.2) is 0 Å². The smallest absolute Gasteiger partial charge is 0.118 e. The van der Waals surface area contributed by atoms with Gasteiger partial charge < -0.3 is 10.5 Å². The summed E-state index contributed by atoms with van der Waals surface area (Å²) in [6, 6.07) is 25.6. The second-order valence-corrected chi connectivity index (χ2v) is 8.66. The van der Waals surface area contributed by atoms with Crippen LogP contribution in [0.25, 0.3) is 16.8 Å². The van der Waals surface area contributed by atoms with E-state index in [9.17, 15) is 0 Å². The maximum Gasteiger partial charge on any atom is 0.118 e. The third kappa shape index (κ3) is 5.72. The zero-order valence-corrected chi connectivity index (χ0v) is 20.2. The SMILES string of the molecule is CCCCCc1ccc(-n2nnc(CCN)c2Cc2ccc(-c3ccc(OC)cc3)cc2)cc1. The highest BCUT2D eigenvalue weighted by Gasteiger charge is 2.15. The molecule has 2 N–H and O–H groups in total. The van der Waals surface area contributed by atoms with Crippen molar-refractivity contribution in [1.29, 1.82) is 0 Å². The lowest BCUT2D eigenvalue weighted by Gasteiger charge is -2.10. The monoisotopic (exact) mass is 454 g/mol. The molecule has 0 fully saturated rings. The van der Waals surface area contributed by atoms with Crippen LogP contribution in [0, 0.1) is 0 Å². The molecule has 34 heavy (non-hydrogen) atoms. The molecule has 3 aromatic carbocycles. The van der Waals surface area contributed by atoms with Crippen molar-refractivity contribution in [3.05, 3.63) is 95.3 Å². The molecule has 0 saturated carbocycles. The zero-order valence-electron chi connectivity index (χ0n) is 20.2. The van der Waals surface area contributed by atoms with Gasteiger partial charge in [0.1, 0.15) is 5.75 Å². The quantitative estimate of drug-likeness (QED) is 0.292. The summed E-state index contributed by atoms with van der Waals surface area (Å²) in [7, 11) is 1.68. The number of nitrogens with zero attached hydrogens (tertiary/aromatic N) is 3. The van der Waals surface area contributed by atoms with Gasteiger partial charge in [-0.1, -0.05) is 73.5 Å². The maximum atomic E-state index is 5.87. The molecule has 0 spiro atoms. The number of hydrogen-bond acceptors (Lipinski definition) is 4. The van der Waals surface area contributed by atoms with Gasteiger partial charge in [-0.25, -0.2) is 4.68 Å². The topological polar surface area (TPSA) is 66.0 Å². The van der Waals surface area contributed by atoms with Crippen LogP contribution in [-0.2, 0) is 19.3 Å². The van der Waals surface area contributed by atoms with Crippen LogP contribution in [0.15, 0.2) is 72.8 Å². The van der Waals surface area contributed by atoms with Crippen LogP contribution in [0.1, 0.15) is 48.7 Å². The summed E-state index contributed by atoms with van der Waals surface area (Å²) in [4.78, 5) is 0. The van der Waals surface area contributed by atoms with E-state index in [2.05, 4.69) is 77.9 Å². The number of rotatable bonds is 11. The molecule has 0 radical (unpaired) electrons. The van der Waals surface area contributed by atoms with E-state index in [1.165, 1.54) is 41.5 Å². The van der Waals surface area contributed by atoms with Crippen molar-refractivity contribution in [2.75, 3.05) is 13.7 Å². The van der Waals surface area contributed by atoms with Gasteiger partial charge >= 0.3 is 0 Å². The molecular weight excluding hydrogens is 420 g/mol. The molecule has 176 valence electrons. The van der Waals surface area contributed by atoms with Crippen molar-refractivity contribution < 1.29 is 4.74 Å². The Morgan fingerprint density at radius 3 is 2.06 bits per heavy atom. The van der Waals surface area contributed by atoms with Crippen LogP contribution in [0.4, 0.5) is 0 Å². The first-order valence-corrected chi connectivity index (χ1v) is 12.2. The standard InChI is InChI=1S/C29H34N4O/c1-3-4-5-6-22-9-15-26(16-10-22)33-29(28(19-20-30)31-32-33)21-23-7-11-24(12-8-23)25-13-17-27(34-2)18-14-25/h7-18H,3-6,19-21,30H2,1-2H3. The fraction of sp³-hybridized carbons (Fsp3) is 0.310. The Morgan fingerprint density at radius 1 is 0.794 bits per heavy atom. The maximum absolute atomic E-state index is 5.87. The lowest BCUT2D eigenvalue weighted by molar-refractivity contribution is 0.415. The van der Waals surface area contributed by atoms with E-state index in [4.69, 9.17) is 10.5 Å². The van der Waals surface area contributed by atoms with E-state index in [1.807, 2.05) is 16.8 Å². The molecule has 0 amide bonds. The van der Waals surface area contributed by atoms with Crippen LogP contribution in [0.5, 0.6) is 5.75 Å². The van der Waals surface area contributed by atoms with Gasteiger partial charge in [-0.3, -0.25) is 0 Å². The molecule has 4 rings (SSSR count). The lowest BCUT2D eigenvalue weighted by Crippen LogP contribution is -2.08. The highest BCUT2D eigenvalue weighted by Crippen LogP contribution is 2.24. The van der Waals surface area contributed by atoms with E-state index >= 15 is 0 Å². The first-order chi connectivity index (χ1) is 16.7. The first kappa shape index (κ1) is 23.7. The predicted molar refractivity (Wildman–Crippen MR) is 139 cm³/mol. The molecule has 5 nitrogen and oxygen atoms in total. The minimum Gasteiger partial charge on any atom is -0.497 e. The Bertz CT molecular complexity index is 1160. The number of aromatic nitrogens is 3. The molecule has 1 aromatic heterocycles. The number of hydrogen-bond donors (Lipinski definition) is 1. The van der Waals surface area contributed by atoms with E-state index in [-0.39, 0.29) is 0 Å². The van der Waals surface area contributed by atoms with Crippen molar-refractivity contribution >= 4 is 0 Å². The minimum atomic E-state index is 0.554. The number of ether oxygens (including phenoxy) is 1. The number of benzene rings is 3. The Morgan fingerprint density at radius 2 is 1.44 bits per heavy atom. The summed E-state index contributed by atoms with van der Waals surface area (Å²) in [5.41, 5.74) is 13.9. The fourth-order valence-corrected chi connectivity index (χ4v) is 4.22. The summed E-state index contributed by atoms with van der Waals surface area (Å²) in [5.74, 6) is 0.863.